The van der Waals surface area contributed by atoms with Gasteiger partial charge in [0.2, 0.25) is 0 Å². The predicted molar refractivity (Wildman–Crippen MR) is 122 cm³/mol. The molecule has 0 bridgehead atoms. The first-order valence-corrected chi connectivity index (χ1v) is 10.5. The average molecular weight is 462 g/mol. The van der Waals surface area contributed by atoms with Crippen LogP contribution in [0.5, 0.6) is 0 Å². The van der Waals surface area contributed by atoms with Gasteiger partial charge in [0, 0.05) is 11.8 Å². The van der Waals surface area contributed by atoms with Gasteiger partial charge in [-0.05, 0) is 49.8 Å². The number of rotatable bonds is 4. The highest BCUT2D eigenvalue weighted by Crippen LogP contribution is 2.39. The Hall–Kier alpha value is -2.70. The van der Waals surface area contributed by atoms with E-state index >= 15 is 0 Å². The molecule has 0 radical (unpaired) electrons. The molecule has 8 heteroatoms. The molecule has 0 saturated heterocycles. The van der Waals surface area contributed by atoms with Crippen LogP contribution in [0.3, 0.4) is 0 Å². The molecule has 0 aliphatic carbocycles. The fourth-order valence-electron chi connectivity index (χ4n) is 3.61. The molecule has 2 aromatic carbocycles. The lowest BCUT2D eigenvalue weighted by Gasteiger charge is -2.30. The van der Waals surface area contributed by atoms with Crippen molar-refractivity contribution in [2.24, 2.45) is 9.98 Å². The summed E-state index contributed by atoms with van der Waals surface area (Å²) in [4.78, 5) is 11.2. The number of fused-ring (bicyclic) bond motifs is 3. The first-order chi connectivity index (χ1) is 14.9. The van der Waals surface area contributed by atoms with E-state index in [-0.39, 0.29) is 21.3 Å². The number of benzene rings is 2. The molecule has 31 heavy (non-hydrogen) atoms. The summed E-state index contributed by atoms with van der Waals surface area (Å²) in [6, 6.07) is 6.63. The van der Waals surface area contributed by atoms with Crippen molar-refractivity contribution in [1.82, 2.24) is 0 Å². The Balaban J connectivity index is 1.93. The number of amidine groups is 1. The summed E-state index contributed by atoms with van der Waals surface area (Å²) >= 11 is 12.9. The number of aliphatic imine (C=N–C) groups is 2. The van der Waals surface area contributed by atoms with Crippen molar-refractivity contribution < 1.29 is 13.5 Å². The van der Waals surface area contributed by atoms with Gasteiger partial charge in [-0.1, -0.05) is 29.3 Å². The molecular weight excluding hydrogens is 443 g/mol. The van der Waals surface area contributed by atoms with E-state index in [1.165, 1.54) is 18.2 Å². The Kier molecular flexibility index (Phi) is 6.12. The third-order valence-corrected chi connectivity index (χ3v) is 5.83. The van der Waals surface area contributed by atoms with Gasteiger partial charge < -0.3 is 9.64 Å². The van der Waals surface area contributed by atoms with Gasteiger partial charge in [0.05, 0.1) is 46.4 Å². The second kappa shape index (κ2) is 8.81. The second-order valence-electron chi connectivity index (χ2n) is 7.04. The lowest BCUT2D eigenvalue weighted by atomic mass is 9.98. The standard InChI is InChI=1S/C23H19Cl2F2N3O/c1-3-31-10-9-14-11-28-23-13(2)29-22(19-16(26)5-4-6-17(19)27)20-18(30(23)12-14)8-7-15(24)21(20)25/h4-11,13H,3,12H2,1-2H3/b10-9+. The van der Waals surface area contributed by atoms with Crippen molar-refractivity contribution >= 4 is 40.4 Å². The maximum Gasteiger partial charge on any atom is 0.135 e. The van der Waals surface area contributed by atoms with Crippen LogP contribution < -0.4 is 4.90 Å². The van der Waals surface area contributed by atoms with E-state index in [9.17, 15) is 8.78 Å². The minimum absolute atomic E-state index is 0.106. The quantitative estimate of drug-likeness (QED) is 0.510. The largest absolute Gasteiger partial charge is 0.501 e. The zero-order valence-corrected chi connectivity index (χ0v) is 18.4. The number of halogens is 4. The molecule has 0 saturated carbocycles. The highest BCUT2D eigenvalue weighted by molar-refractivity contribution is 6.45. The van der Waals surface area contributed by atoms with E-state index in [0.717, 1.165) is 5.57 Å². The minimum atomic E-state index is -0.729. The zero-order valence-electron chi connectivity index (χ0n) is 16.9. The SMILES string of the molecule is CCO/C=C/C1=CN=C2C(C)N=C(c3c(F)cccc3F)c3c(ccc(Cl)c3Cl)N2C1. The number of hydrogen-bond acceptors (Lipinski definition) is 4. The molecule has 2 aliphatic heterocycles. The molecule has 4 nitrogen and oxygen atoms in total. The van der Waals surface area contributed by atoms with Crippen LogP contribution in [0.1, 0.15) is 25.0 Å². The fourth-order valence-corrected chi connectivity index (χ4v) is 4.02. The smallest absolute Gasteiger partial charge is 0.135 e. The van der Waals surface area contributed by atoms with E-state index in [4.69, 9.17) is 27.9 Å². The second-order valence-corrected chi connectivity index (χ2v) is 7.83. The molecular formula is C23H19Cl2F2N3O. The summed E-state index contributed by atoms with van der Waals surface area (Å²) in [6.45, 7) is 4.73. The van der Waals surface area contributed by atoms with Gasteiger partial charge in [0.15, 0.2) is 0 Å². The number of hydrogen-bond donors (Lipinski definition) is 0. The Bertz CT molecular complexity index is 1140. The summed E-state index contributed by atoms with van der Waals surface area (Å²) in [7, 11) is 0. The molecule has 0 aromatic heterocycles. The van der Waals surface area contributed by atoms with Gasteiger partial charge in [-0.2, -0.15) is 0 Å². The Labute approximate surface area is 189 Å². The van der Waals surface area contributed by atoms with Crippen LogP contribution in [0.25, 0.3) is 0 Å². The maximum absolute atomic E-state index is 14.8. The van der Waals surface area contributed by atoms with Crippen LogP contribution in [0, 0.1) is 11.6 Å². The lowest BCUT2D eigenvalue weighted by molar-refractivity contribution is 0.269. The zero-order chi connectivity index (χ0) is 22.1. The van der Waals surface area contributed by atoms with Crippen LogP contribution in [0.15, 0.2) is 64.4 Å². The first kappa shape index (κ1) is 21.5. The van der Waals surface area contributed by atoms with Crippen molar-refractivity contribution in [1.29, 1.82) is 0 Å². The highest BCUT2D eigenvalue weighted by Gasteiger charge is 2.33. The van der Waals surface area contributed by atoms with Gasteiger partial charge >= 0.3 is 0 Å². The van der Waals surface area contributed by atoms with Crippen LogP contribution >= 0.6 is 23.2 Å². The fraction of sp³-hybridized carbons (Fsp3) is 0.217. The van der Waals surface area contributed by atoms with Crippen LogP contribution in [0.2, 0.25) is 10.0 Å². The molecule has 2 heterocycles. The number of ether oxygens (including phenoxy) is 1. The molecule has 0 spiro atoms. The van der Waals surface area contributed by atoms with Crippen molar-refractivity contribution in [2.75, 3.05) is 18.1 Å². The summed E-state index contributed by atoms with van der Waals surface area (Å²) in [5.74, 6) is -0.818. The lowest BCUT2D eigenvalue weighted by Crippen LogP contribution is -2.39. The first-order valence-electron chi connectivity index (χ1n) is 9.75. The van der Waals surface area contributed by atoms with Crippen molar-refractivity contribution in [3.05, 3.63) is 87.2 Å². The molecule has 1 unspecified atom stereocenters. The van der Waals surface area contributed by atoms with Crippen LogP contribution in [-0.4, -0.2) is 30.7 Å². The van der Waals surface area contributed by atoms with E-state index in [2.05, 4.69) is 9.98 Å². The summed E-state index contributed by atoms with van der Waals surface area (Å²) in [5, 5.41) is 0.442. The van der Waals surface area contributed by atoms with Gasteiger partial charge in [0.25, 0.3) is 0 Å². The number of anilines is 1. The van der Waals surface area contributed by atoms with Gasteiger partial charge in [0.1, 0.15) is 23.5 Å². The predicted octanol–water partition coefficient (Wildman–Crippen LogP) is 6.16. The van der Waals surface area contributed by atoms with E-state index < -0.39 is 17.7 Å². The molecule has 0 amide bonds. The molecule has 4 rings (SSSR count). The van der Waals surface area contributed by atoms with Crippen molar-refractivity contribution in [3.8, 4) is 0 Å². The summed E-state index contributed by atoms with van der Waals surface area (Å²) in [6.07, 6.45) is 5.17. The molecule has 160 valence electrons. The number of nitrogens with zero attached hydrogens (tertiary/aromatic N) is 3. The van der Waals surface area contributed by atoms with Gasteiger partial charge in [-0.25, -0.2) is 13.8 Å². The third kappa shape index (κ3) is 3.98. The molecule has 0 fully saturated rings. The average Bonchev–Trinajstić information content (AvgIpc) is 2.86. The molecule has 2 aromatic rings. The topological polar surface area (TPSA) is 37.2 Å². The summed E-state index contributed by atoms with van der Waals surface area (Å²) in [5.41, 5.74) is 1.74. The van der Waals surface area contributed by atoms with Crippen molar-refractivity contribution in [2.45, 2.75) is 19.9 Å². The van der Waals surface area contributed by atoms with E-state index in [1.54, 1.807) is 24.6 Å². The third-order valence-electron chi connectivity index (χ3n) is 5.02. The van der Waals surface area contributed by atoms with Gasteiger partial charge in [-0.3, -0.25) is 4.99 Å². The van der Waals surface area contributed by atoms with Crippen LogP contribution in [0.4, 0.5) is 14.5 Å². The van der Waals surface area contributed by atoms with Gasteiger partial charge in [-0.15, -0.1) is 0 Å². The normalized spacial score (nSPS) is 18.1. The van der Waals surface area contributed by atoms with Crippen molar-refractivity contribution in [3.63, 3.8) is 0 Å². The summed E-state index contributed by atoms with van der Waals surface area (Å²) < 4.78 is 34.8. The maximum atomic E-state index is 14.8. The Morgan fingerprint density at radius 2 is 1.90 bits per heavy atom. The Morgan fingerprint density at radius 3 is 2.61 bits per heavy atom. The van der Waals surface area contributed by atoms with E-state index in [1.807, 2.05) is 24.8 Å². The molecule has 0 N–H and O–H groups in total. The van der Waals surface area contributed by atoms with Crippen LogP contribution in [-0.2, 0) is 4.74 Å². The van der Waals surface area contributed by atoms with E-state index in [0.29, 0.717) is 30.2 Å². The molecule has 2 aliphatic rings. The monoisotopic (exact) mass is 461 g/mol. The molecule has 1 atom stereocenters. The minimum Gasteiger partial charge on any atom is -0.501 e. The Morgan fingerprint density at radius 1 is 1.16 bits per heavy atom. The highest BCUT2D eigenvalue weighted by atomic mass is 35.5.